The lowest BCUT2D eigenvalue weighted by Gasteiger charge is -2.33. The Morgan fingerprint density at radius 2 is 1.67 bits per heavy atom. The third-order valence-electron chi connectivity index (χ3n) is 4.60. The van der Waals surface area contributed by atoms with Crippen molar-refractivity contribution < 1.29 is 38.9 Å². The minimum atomic E-state index is -1.24. The fraction of sp³-hybridized carbons (Fsp3) is 0.684. The van der Waals surface area contributed by atoms with Gasteiger partial charge in [0.05, 0.1) is 37.4 Å². The first kappa shape index (κ1) is 22.7. The van der Waals surface area contributed by atoms with Crippen LogP contribution >= 0.6 is 0 Å². The summed E-state index contributed by atoms with van der Waals surface area (Å²) in [5, 5.41) is 18.8. The predicted octanol–water partition coefficient (Wildman–Crippen LogP) is 2.27. The predicted molar refractivity (Wildman–Crippen MR) is 94.7 cm³/mol. The summed E-state index contributed by atoms with van der Waals surface area (Å²) in [6.07, 6.45) is 2.54. The number of esters is 2. The van der Waals surface area contributed by atoms with E-state index in [0.29, 0.717) is 18.4 Å². The number of rotatable bonds is 10. The summed E-state index contributed by atoms with van der Waals surface area (Å²) in [5.74, 6) is -7.47. The van der Waals surface area contributed by atoms with Crippen molar-refractivity contribution in [1.29, 1.82) is 0 Å². The molecule has 0 heterocycles. The van der Waals surface area contributed by atoms with Crippen LogP contribution in [0.3, 0.4) is 0 Å². The van der Waals surface area contributed by atoms with Gasteiger partial charge in [-0.1, -0.05) is 25.5 Å². The summed E-state index contributed by atoms with van der Waals surface area (Å²) in [7, 11) is 0. The van der Waals surface area contributed by atoms with Crippen LogP contribution in [0.25, 0.3) is 0 Å². The van der Waals surface area contributed by atoms with Crippen molar-refractivity contribution in [2.24, 2.45) is 23.7 Å². The third-order valence-corrected chi connectivity index (χ3v) is 4.60. The van der Waals surface area contributed by atoms with E-state index in [9.17, 15) is 29.4 Å². The van der Waals surface area contributed by atoms with Gasteiger partial charge in [-0.05, 0) is 32.1 Å². The van der Waals surface area contributed by atoms with Crippen molar-refractivity contribution >= 4 is 23.9 Å². The molecule has 0 fully saturated rings. The lowest BCUT2D eigenvalue weighted by atomic mass is 9.70. The van der Waals surface area contributed by atoms with Gasteiger partial charge in [0.25, 0.3) is 0 Å². The average Bonchev–Trinajstić information content (AvgIpc) is 2.61. The van der Waals surface area contributed by atoms with Crippen LogP contribution in [-0.4, -0.2) is 47.3 Å². The molecule has 0 aromatic carbocycles. The second kappa shape index (κ2) is 10.7. The molecule has 0 spiro atoms. The molecule has 0 aromatic rings. The quantitative estimate of drug-likeness (QED) is 0.434. The third kappa shape index (κ3) is 6.37. The molecular weight excluding hydrogens is 356 g/mol. The molecule has 4 atom stereocenters. The summed E-state index contributed by atoms with van der Waals surface area (Å²) in [6.45, 7) is 5.63. The SMILES string of the molecule is CCCOC(=O)CC(C(=O)OCCC)C1C=C(C)C(C(=O)O)C(C(=O)O)C1. The number of carboxylic acids is 2. The number of carboxylic acid groups (broad SMARTS) is 2. The number of carbonyl (C=O) groups is 4. The van der Waals surface area contributed by atoms with Crippen LogP contribution in [0.15, 0.2) is 11.6 Å². The van der Waals surface area contributed by atoms with Gasteiger partial charge in [-0.15, -0.1) is 0 Å². The fourth-order valence-electron chi connectivity index (χ4n) is 3.32. The van der Waals surface area contributed by atoms with Gasteiger partial charge in [-0.25, -0.2) is 0 Å². The van der Waals surface area contributed by atoms with Gasteiger partial charge in [0.15, 0.2) is 0 Å². The van der Waals surface area contributed by atoms with Crippen LogP contribution in [0.1, 0.15) is 46.5 Å². The van der Waals surface area contributed by atoms with Gasteiger partial charge >= 0.3 is 23.9 Å². The number of hydrogen-bond donors (Lipinski definition) is 2. The molecular formula is C19H28O8. The van der Waals surface area contributed by atoms with Gasteiger partial charge in [-0.3, -0.25) is 19.2 Å². The summed E-state index contributed by atoms with van der Waals surface area (Å²) in [5.41, 5.74) is 0.362. The first-order valence-corrected chi connectivity index (χ1v) is 9.19. The zero-order valence-corrected chi connectivity index (χ0v) is 16.0. The maximum Gasteiger partial charge on any atom is 0.311 e. The maximum atomic E-state index is 12.5. The first-order valence-electron chi connectivity index (χ1n) is 9.19. The van der Waals surface area contributed by atoms with Crippen LogP contribution in [-0.2, 0) is 28.7 Å². The molecule has 2 N–H and O–H groups in total. The molecule has 152 valence electrons. The van der Waals surface area contributed by atoms with E-state index in [1.54, 1.807) is 6.08 Å². The van der Waals surface area contributed by atoms with E-state index in [1.807, 2.05) is 13.8 Å². The van der Waals surface area contributed by atoms with Crippen LogP contribution in [0.5, 0.6) is 0 Å². The lowest BCUT2D eigenvalue weighted by molar-refractivity contribution is -0.159. The highest BCUT2D eigenvalue weighted by Crippen LogP contribution is 2.39. The van der Waals surface area contributed by atoms with Crippen molar-refractivity contribution in [3.63, 3.8) is 0 Å². The Kier molecular flexibility index (Phi) is 8.97. The normalized spacial score (nSPS) is 23.1. The standard InChI is InChI=1S/C19H28O8/c1-4-6-26-15(20)10-13(19(25)27-7-5-2)12-8-11(3)16(18(23)24)14(9-12)17(21)22/h8,12-14,16H,4-7,9-10H2,1-3H3,(H,21,22)(H,23,24). The number of ether oxygens (including phenoxy) is 2. The Labute approximate surface area is 158 Å². The van der Waals surface area contributed by atoms with Gasteiger partial charge in [-0.2, -0.15) is 0 Å². The molecule has 0 saturated carbocycles. The van der Waals surface area contributed by atoms with E-state index in [0.717, 1.165) is 0 Å². The van der Waals surface area contributed by atoms with Crippen molar-refractivity contribution in [2.75, 3.05) is 13.2 Å². The fourth-order valence-corrected chi connectivity index (χ4v) is 3.32. The summed E-state index contributed by atoms with van der Waals surface area (Å²) >= 11 is 0. The minimum Gasteiger partial charge on any atom is -0.481 e. The Morgan fingerprint density at radius 1 is 1.07 bits per heavy atom. The maximum absolute atomic E-state index is 12.5. The monoisotopic (exact) mass is 384 g/mol. The molecule has 4 unspecified atom stereocenters. The van der Waals surface area contributed by atoms with E-state index in [4.69, 9.17) is 9.47 Å². The van der Waals surface area contributed by atoms with Gasteiger partial charge in [0, 0.05) is 0 Å². The second-order valence-electron chi connectivity index (χ2n) is 6.77. The molecule has 0 aromatic heterocycles. The smallest absolute Gasteiger partial charge is 0.311 e. The number of aliphatic carboxylic acids is 2. The van der Waals surface area contributed by atoms with Crippen molar-refractivity contribution in [3.8, 4) is 0 Å². The highest BCUT2D eigenvalue weighted by Gasteiger charge is 2.43. The van der Waals surface area contributed by atoms with Crippen LogP contribution < -0.4 is 0 Å². The van der Waals surface area contributed by atoms with Gasteiger partial charge in [0.1, 0.15) is 0 Å². The molecule has 0 saturated heterocycles. The van der Waals surface area contributed by atoms with Crippen LogP contribution in [0.4, 0.5) is 0 Å². The Bertz CT molecular complexity index is 595. The average molecular weight is 384 g/mol. The molecule has 0 bridgehead atoms. The number of hydrogen-bond acceptors (Lipinski definition) is 6. The number of allylic oxidation sites excluding steroid dienone is 1. The summed E-state index contributed by atoms with van der Waals surface area (Å²) < 4.78 is 10.2. The summed E-state index contributed by atoms with van der Waals surface area (Å²) in [6, 6.07) is 0. The van der Waals surface area contributed by atoms with Crippen molar-refractivity contribution in [2.45, 2.75) is 46.5 Å². The molecule has 0 aliphatic heterocycles. The molecule has 27 heavy (non-hydrogen) atoms. The molecule has 1 aliphatic carbocycles. The second-order valence-corrected chi connectivity index (χ2v) is 6.77. The molecule has 0 radical (unpaired) electrons. The molecule has 1 rings (SSSR count). The first-order chi connectivity index (χ1) is 12.7. The Balaban J connectivity index is 3.11. The topological polar surface area (TPSA) is 127 Å². The molecule has 0 amide bonds. The van der Waals surface area contributed by atoms with E-state index >= 15 is 0 Å². The van der Waals surface area contributed by atoms with Gasteiger partial charge in [0.2, 0.25) is 0 Å². The van der Waals surface area contributed by atoms with Crippen LogP contribution in [0, 0.1) is 23.7 Å². The highest BCUT2D eigenvalue weighted by atomic mass is 16.5. The number of carbonyl (C=O) groups excluding carboxylic acids is 2. The van der Waals surface area contributed by atoms with E-state index in [1.165, 1.54) is 6.92 Å². The molecule has 8 heteroatoms. The van der Waals surface area contributed by atoms with E-state index in [2.05, 4.69) is 0 Å². The molecule has 1 aliphatic rings. The largest absolute Gasteiger partial charge is 0.481 e. The van der Waals surface area contributed by atoms with Crippen LogP contribution in [0.2, 0.25) is 0 Å². The van der Waals surface area contributed by atoms with Crippen molar-refractivity contribution in [3.05, 3.63) is 11.6 Å². The van der Waals surface area contributed by atoms with Crippen molar-refractivity contribution in [1.82, 2.24) is 0 Å². The Morgan fingerprint density at radius 3 is 2.19 bits per heavy atom. The van der Waals surface area contributed by atoms with E-state index < -0.39 is 47.5 Å². The zero-order valence-electron chi connectivity index (χ0n) is 16.0. The zero-order chi connectivity index (χ0) is 20.6. The van der Waals surface area contributed by atoms with Gasteiger partial charge < -0.3 is 19.7 Å². The van der Waals surface area contributed by atoms with E-state index in [-0.39, 0.29) is 26.1 Å². The Hall–Kier alpha value is -2.38. The lowest BCUT2D eigenvalue weighted by Crippen LogP contribution is -2.39. The summed E-state index contributed by atoms with van der Waals surface area (Å²) in [4.78, 5) is 47.6. The minimum absolute atomic E-state index is 0.0589. The molecule has 8 nitrogen and oxygen atoms in total. The highest BCUT2D eigenvalue weighted by molar-refractivity contribution is 5.84.